The maximum absolute atomic E-state index is 10.4. The van der Waals surface area contributed by atoms with Crippen molar-refractivity contribution < 1.29 is 118 Å². The Morgan fingerprint density at radius 2 is 1.53 bits per heavy atom. The minimum Gasteiger partial charge on any atom is -0.810 e. The van der Waals surface area contributed by atoms with Gasteiger partial charge in [0.15, 0.2) is 0 Å². The van der Waals surface area contributed by atoms with E-state index in [1.807, 2.05) is 0 Å². The Kier molecular flexibility index (Phi) is 21.6. The van der Waals surface area contributed by atoms with E-state index in [1.54, 1.807) is 5.32 Å². The monoisotopic (exact) mass is 263 g/mol. The molecule has 0 aromatic heterocycles. The van der Waals surface area contributed by atoms with Crippen LogP contribution in [0.1, 0.15) is 0 Å². The molecule has 0 aromatic rings. The van der Waals surface area contributed by atoms with Crippen molar-refractivity contribution >= 4 is 19.5 Å². The molecule has 7 nitrogen and oxygen atoms in total. The van der Waals surface area contributed by atoms with Crippen molar-refractivity contribution in [3.05, 3.63) is 0 Å². The van der Waals surface area contributed by atoms with Gasteiger partial charge in [0.05, 0.1) is 18.7 Å². The summed E-state index contributed by atoms with van der Waals surface area (Å²) < 4.78 is 9.93. The van der Waals surface area contributed by atoms with E-state index in [9.17, 15) is 29.0 Å². The topological polar surface area (TPSA) is 132 Å². The number of hydrogen-bond donors (Lipinski definition) is 1. The first-order valence-electron chi connectivity index (χ1n) is 2.79. The first kappa shape index (κ1) is 25.8. The zero-order valence-corrected chi connectivity index (χ0v) is 15.7. The van der Waals surface area contributed by atoms with E-state index in [1.165, 1.54) is 0 Å². The summed E-state index contributed by atoms with van der Waals surface area (Å²) in [6.07, 6.45) is -1.24. The zero-order chi connectivity index (χ0) is 9.78. The molecule has 0 heterocycles. The number of carbonyl (C=O) groups excluding carboxylic acids is 2. The fourth-order valence-electron chi connectivity index (χ4n) is 0.403. The molecule has 0 radical (unpaired) electrons. The van der Waals surface area contributed by atoms with Crippen LogP contribution in [0.25, 0.3) is 0 Å². The standard InChI is InChI=1S/C4H8NO6P.3Na/c6-3(2-12(9,10)11)5-1-4(7)8;;;/h1-2H2,(H,5,6)(H,7,8)(H2,9,10,11);;;/q;3*+1/p-3. The normalized spacial score (nSPS) is 8.67. The van der Waals surface area contributed by atoms with E-state index < -0.39 is 32.2 Å². The number of carboxylic acids is 1. The molecule has 1 N–H and O–H groups in total. The largest absolute Gasteiger partial charge is 1.00 e. The van der Waals surface area contributed by atoms with Crippen molar-refractivity contribution in [1.29, 1.82) is 0 Å². The zero-order valence-electron chi connectivity index (χ0n) is 8.81. The molecule has 70 valence electrons. The molecule has 0 saturated carbocycles. The number of amides is 1. The predicted molar refractivity (Wildman–Crippen MR) is 30.5 cm³/mol. The number of hydrogen-bond acceptors (Lipinski definition) is 6. The van der Waals surface area contributed by atoms with Crippen LogP contribution < -0.4 is 109 Å². The van der Waals surface area contributed by atoms with E-state index in [-0.39, 0.29) is 88.7 Å². The second-order valence-electron chi connectivity index (χ2n) is 1.92. The van der Waals surface area contributed by atoms with Gasteiger partial charge in [0.2, 0.25) is 5.91 Å². The molecule has 0 bridgehead atoms. The summed E-state index contributed by atoms with van der Waals surface area (Å²) in [6, 6.07) is 0. The fraction of sp³-hybridized carbons (Fsp3) is 0.500. The van der Waals surface area contributed by atoms with E-state index in [4.69, 9.17) is 0 Å². The summed E-state index contributed by atoms with van der Waals surface area (Å²) in [5.74, 6) is -2.71. The van der Waals surface area contributed by atoms with Crippen LogP contribution in [0, 0.1) is 0 Å². The van der Waals surface area contributed by atoms with Crippen LogP contribution in [0.2, 0.25) is 0 Å². The van der Waals surface area contributed by atoms with E-state index >= 15 is 0 Å². The predicted octanol–water partition coefficient (Wildman–Crippen LogP) is -13.2. The molecule has 0 aromatic carbocycles. The third kappa shape index (κ3) is 21.9. The Morgan fingerprint density at radius 1 is 1.13 bits per heavy atom. The Bertz CT molecular complexity index is 243. The molecule has 0 aliphatic carbocycles. The van der Waals surface area contributed by atoms with Crippen LogP contribution in [0.5, 0.6) is 0 Å². The van der Waals surface area contributed by atoms with Crippen LogP contribution in [0.3, 0.4) is 0 Å². The number of aliphatic carboxylic acids is 1. The summed E-state index contributed by atoms with van der Waals surface area (Å²) in [5.41, 5.74) is 0. The number of nitrogens with one attached hydrogen (secondary N) is 1. The maximum atomic E-state index is 10.4. The molecule has 11 heteroatoms. The molecule has 0 spiro atoms. The number of carboxylic acid groups (broad SMARTS) is 1. The van der Waals surface area contributed by atoms with Gasteiger partial charge < -0.3 is 29.6 Å². The molecule has 1 amide bonds. The first-order chi connectivity index (χ1) is 5.31. The van der Waals surface area contributed by atoms with Crippen LogP contribution in [-0.4, -0.2) is 24.6 Å². The molecular formula is C4H5NNa3O6P. The number of carbonyl (C=O) groups is 2. The molecular weight excluding hydrogens is 258 g/mol. The SMILES string of the molecule is O=C([O-])CNC(=O)CP(=O)([O-])[O-].[Na+].[Na+].[Na+]. The van der Waals surface area contributed by atoms with Crippen molar-refractivity contribution in [3.8, 4) is 0 Å². The average molecular weight is 263 g/mol. The van der Waals surface area contributed by atoms with E-state index in [2.05, 4.69) is 0 Å². The molecule has 0 rings (SSSR count). The second kappa shape index (κ2) is 12.5. The fourth-order valence-corrected chi connectivity index (χ4v) is 0.866. The van der Waals surface area contributed by atoms with Gasteiger partial charge in [-0.25, -0.2) is 0 Å². The van der Waals surface area contributed by atoms with Crippen molar-refractivity contribution in [3.63, 3.8) is 0 Å². The maximum Gasteiger partial charge on any atom is 1.00 e. The molecule has 0 atom stereocenters. The van der Waals surface area contributed by atoms with Crippen molar-refractivity contribution in [2.45, 2.75) is 0 Å². The van der Waals surface area contributed by atoms with Crippen LogP contribution in [0.4, 0.5) is 0 Å². The Balaban J connectivity index is -0.000000202. The van der Waals surface area contributed by atoms with Gasteiger partial charge in [-0.2, -0.15) is 0 Å². The van der Waals surface area contributed by atoms with Gasteiger partial charge in [0.1, 0.15) is 0 Å². The van der Waals surface area contributed by atoms with E-state index in [0.717, 1.165) is 0 Å². The van der Waals surface area contributed by atoms with Gasteiger partial charge >= 0.3 is 88.7 Å². The summed E-state index contributed by atoms with van der Waals surface area (Å²) in [6.45, 7) is -0.807. The van der Waals surface area contributed by atoms with Gasteiger partial charge in [-0.3, -0.25) is 4.79 Å². The van der Waals surface area contributed by atoms with Gasteiger partial charge in [-0.1, -0.05) is 7.60 Å². The Hall–Kier alpha value is 2.09. The van der Waals surface area contributed by atoms with Gasteiger partial charge in [-0.05, 0) is 0 Å². The molecule has 0 fully saturated rings. The summed E-state index contributed by atoms with van der Waals surface area (Å²) in [5, 5.41) is 11.4. The molecule has 15 heavy (non-hydrogen) atoms. The third-order valence-electron chi connectivity index (χ3n) is 0.767. The first-order valence-corrected chi connectivity index (χ1v) is 4.51. The summed E-state index contributed by atoms with van der Waals surface area (Å²) in [7, 11) is -4.91. The molecule has 0 aliphatic rings. The third-order valence-corrected chi connectivity index (χ3v) is 1.44. The average Bonchev–Trinajstić information content (AvgIpc) is 1.79. The summed E-state index contributed by atoms with van der Waals surface area (Å²) >= 11 is 0. The second-order valence-corrected chi connectivity index (χ2v) is 3.46. The van der Waals surface area contributed by atoms with Crippen molar-refractivity contribution in [2.24, 2.45) is 0 Å². The van der Waals surface area contributed by atoms with Crippen molar-refractivity contribution in [1.82, 2.24) is 5.32 Å². The van der Waals surface area contributed by atoms with Crippen LogP contribution >= 0.6 is 7.60 Å². The quantitative estimate of drug-likeness (QED) is 0.395. The molecule has 0 unspecified atom stereocenters. The minimum absolute atomic E-state index is 0. The number of rotatable bonds is 4. The Morgan fingerprint density at radius 3 is 1.80 bits per heavy atom. The van der Waals surface area contributed by atoms with E-state index in [0.29, 0.717) is 0 Å². The van der Waals surface area contributed by atoms with Gasteiger partial charge in [0, 0.05) is 0 Å². The van der Waals surface area contributed by atoms with Gasteiger partial charge in [0.25, 0.3) is 0 Å². The smallest absolute Gasteiger partial charge is 0.810 e. The Labute approximate surface area is 153 Å². The summed E-state index contributed by atoms with van der Waals surface area (Å²) in [4.78, 5) is 40.0. The van der Waals surface area contributed by atoms with Crippen molar-refractivity contribution in [2.75, 3.05) is 12.7 Å². The minimum atomic E-state index is -4.91. The van der Waals surface area contributed by atoms with Crippen LogP contribution in [-0.2, 0) is 14.2 Å². The van der Waals surface area contributed by atoms with Crippen LogP contribution in [0.15, 0.2) is 0 Å². The molecule has 0 aliphatic heterocycles. The van der Waals surface area contributed by atoms with Gasteiger partial charge in [-0.15, -0.1) is 0 Å². The molecule has 0 saturated heterocycles.